The minimum Gasteiger partial charge on any atom is -0.510 e. The summed E-state index contributed by atoms with van der Waals surface area (Å²) in [6.45, 7) is 7.26. The van der Waals surface area contributed by atoms with E-state index in [-0.39, 0.29) is 35.1 Å². The third kappa shape index (κ3) is 4.46. The van der Waals surface area contributed by atoms with E-state index >= 15 is 0 Å². The van der Waals surface area contributed by atoms with Gasteiger partial charge in [0.15, 0.2) is 5.60 Å². The lowest BCUT2D eigenvalue weighted by atomic mass is 9.56. The fourth-order valence-electron chi connectivity index (χ4n) is 6.51. The van der Waals surface area contributed by atoms with Crippen molar-refractivity contribution in [2.75, 3.05) is 39.6 Å². The van der Waals surface area contributed by atoms with Crippen LogP contribution in [0.3, 0.4) is 0 Å². The molecule has 218 valence electrons. The van der Waals surface area contributed by atoms with E-state index in [9.17, 15) is 30.0 Å². The molecule has 3 aliphatic rings. The van der Waals surface area contributed by atoms with Crippen LogP contribution in [0.1, 0.15) is 43.9 Å². The number of phenols is 1. The number of aliphatic hydroxyl groups is 3. The molecule has 8 N–H and O–H groups in total. The zero-order valence-electron chi connectivity index (χ0n) is 24.2. The Kier molecular flexibility index (Phi) is 7.32. The zero-order chi connectivity index (χ0) is 30.1. The molecule has 3 aliphatic carbocycles. The van der Waals surface area contributed by atoms with Crippen molar-refractivity contribution >= 4 is 28.8 Å². The molecule has 0 radical (unpaired) electrons. The monoisotopic (exact) mass is 555 g/mol. The van der Waals surface area contributed by atoms with Gasteiger partial charge in [0.1, 0.15) is 22.8 Å². The number of aliphatic hydroxyl groups excluding tert-OH is 2. The van der Waals surface area contributed by atoms with Crippen LogP contribution in [0.25, 0.3) is 5.76 Å². The third-order valence-corrected chi connectivity index (χ3v) is 8.28. The SMILES string of the molecule is CN(C)c1cc(CNCC(C)(C)C)c(O)c2c1C[C@H]1C[C@H]3[C@H](N(C)C)C(O)=C(C(N)=O)C(=N)[C@@]3(O)C(=O)C1=C2O. The Morgan fingerprint density at radius 1 is 1.20 bits per heavy atom. The summed E-state index contributed by atoms with van der Waals surface area (Å²) < 4.78 is 0. The highest BCUT2D eigenvalue weighted by atomic mass is 16.3. The second-order valence-electron chi connectivity index (χ2n) is 12.8. The molecule has 0 unspecified atom stereocenters. The van der Waals surface area contributed by atoms with Crippen LogP contribution in [0.4, 0.5) is 5.69 Å². The molecule has 4 atom stereocenters. The van der Waals surface area contributed by atoms with Gasteiger partial charge in [0.2, 0.25) is 5.78 Å². The number of amides is 1. The summed E-state index contributed by atoms with van der Waals surface area (Å²) in [5.41, 5.74) is 3.58. The molecule has 1 amide bonds. The largest absolute Gasteiger partial charge is 0.510 e. The fourth-order valence-corrected chi connectivity index (χ4v) is 6.51. The second kappa shape index (κ2) is 9.90. The molecule has 0 saturated heterocycles. The normalized spacial score (nSPS) is 26.6. The summed E-state index contributed by atoms with van der Waals surface area (Å²) in [5, 5.41) is 57.7. The maximum absolute atomic E-state index is 14.1. The van der Waals surface area contributed by atoms with E-state index in [0.29, 0.717) is 24.2 Å². The molecule has 1 saturated carbocycles. The number of aromatic hydroxyl groups is 1. The van der Waals surface area contributed by atoms with Crippen LogP contribution in [0.5, 0.6) is 5.75 Å². The minimum atomic E-state index is -2.51. The Bertz CT molecular complexity index is 1360. The summed E-state index contributed by atoms with van der Waals surface area (Å²) in [7, 11) is 6.99. The Morgan fingerprint density at radius 3 is 2.35 bits per heavy atom. The van der Waals surface area contributed by atoms with Crippen molar-refractivity contribution in [3.63, 3.8) is 0 Å². The maximum Gasteiger partial charge on any atom is 0.254 e. The van der Waals surface area contributed by atoms with E-state index in [2.05, 4.69) is 26.1 Å². The summed E-state index contributed by atoms with van der Waals surface area (Å²) in [6.07, 6.45) is 0.412. The summed E-state index contributed by atoms with van der Waals surface area (Å²) in [6, 6.07) is 0.907. The Labute approximate surface area is 234 Å². The number of nitrogens with one attached hydrogen (secondary N) is 2. The van der Waals surface area contributed by atoms with Gasteiger partial charge in [-0.05, 0) is 49.9 Å². The highest BCUT2D eigenvalue weighted by Gasteiger charge is 2.63. The van der Waals surface area contributed by atoms with Crippen molar-refractivity contribution in [2.24, 2.45) is 23.0 Å². The minimum absolute atomic E-state index is 0.00751. The third-order valence-electron chi connectivity index (χ3n) is 8.28. The average molecular weight is 556 g/mol. The highest BCUT2D eigenvalue weighted by molar-refractivity contribution is 6.34. The summed E-state index contributed by atoms with van der Waals surface area (Å²) >= 11 is 0. The molecule has 11 nitrogen and oxygen atoms in total. The quantitative estimate of drug-likeness (QED) is 0.274. The first kappa shape index (κ1) is 29.6. The lowest BCUT2D eigenvalue weighted by Gasteiger charge is -2.51. The molecule has 0 heterocycles. The zero-order valence-corrected chi connectivity index (χ0v) is 24.2. The first-order valence-electron chi connectivity index (χ1n) is 13.4. The van der Waals surface area contributed by atoms with Gasteiger partial charge in [0, 0.05) is 49.9 Å². The Balaban J connectivity index is 1.90. The van der Waals surface area contributed by atoms with Gasteiger partial charge in [-0.15, -0.1) is 0 Å². The van der Waals surface area contributed by atoms with Crippen molar-refractivity contribution < 1.29 is 30.0 Å². The topological polar surface area (TPSA) is 183 Å². The lowest BCUT2D eigenvalue weighted by Crippen LogP contribution is -2.67. The summed E-state index contributed by atoms with van der Waals surface area (Å²) in [4.78, 5) is 29.8. The second-order valence-corrected chi connectivity index (χ2v) is 12.8. The van der Waals surface area contributed by atoms with Crippen LogP contribution in [0.2, 0.25) is 0 Å². The van der Waals surface area contributed by atoms with Crippen LogP contribution >= 0.6 is 0 Å². The number of hydrogen-bond donors (Lipinski definition) is 7. The molecule has 1 aromatic rings. The molecule has 1 aromatic carbocycles. The van der Waals surface area contributed by atoms with Gasteiger partial charge in [-0.1, -0.05) is 20.8 Å². The first-order chi connectivity index (χ1) is 18.4. The number of rotatable bonds is 6. The molecular formula is C29H41N5O6. The van der Waals surface area contributed by atoms with Gasteiger partial charge in [-0.2, -0.15) is 0 Å². The fraction of sp³-hybridized carbons (Fsp3) is 0.552. The maximum atomic E-state index is 14.1. The van der Waals surface area contributed by atoms with Gasteiger partial charge < -0.3 is 41.8 Å². The number of carbonyl (C=O) groups is 2. The average Bonchev–Trinajstić information content (AvgIpc) is 2.81. The number of fused-ring (bicyclic) bond motifs is 3. The molecule has 1 fully saturated rings. The van der Waals surface area contributed by atoms with Crippen LogP contribution in [-0.2, 0) is 22.6 Å². The lowest BCUT2D eigenvalue weighted by molar-refractivity contribution is -0.138. The number of hydrogen-bond acceptors (Lipinski definition) is 10. The number of nitrogens with two attached hydrogens (primary N) is 1. The van der Waals surface area contributed by atoms with Gasteiger partial charge in [0.05, 0.1) is 17.3 Å². The van der Waals surface area contributed by atoms with Crippen LogP contribution in [-0.4, -0.2) is 89.1 Å². The Hall–Kier alpha value is -3.41. The number of benzene rings is 1. The van der Waals surface area contributed by atoms with E-state index in [1.165, 1.54) is 0 Å². The number of phenolic OH excluding ortho intramolecular Hbond substituents is 1. The van der Waals surface area contributed by atoms with Gasteiger partial charge in [-0.25, -0.2) is 0 Å². The van der Waals surface area contributed by atoms with Gasteiger partial charge in [-0.3, -0.25) is 14.5 Å². The predicted molar refractivity (Wildman–Crippen MR) is 152 cm³/mol. The summed E-state index contributed by atoms with van der Waals surface area (Å²) in [5.74, 6) is -4.68. The van der Waals surface area contributed by atoms with E-state index in [4.69, 9.17) is 11.1 Å². The molecule has 0 aliphatic heterocycles. The number of nitrogens with zero attached hydrogens (tertiary/aromatic N) is 2. The van der Waals surface area contributed by atoms with Crippen LogP contribution in [0, 0.1) is 22.7 Å². The van der Waals surface area contributed by atoms with Crippen LogP contribution in [0.15, 0.2) is 23.0 Å². The number of anilines is 1. The standard InChI is InChI=1S/C29H41N5O6/c1-28(2,3)12-32-11-14-10-17(33(4)5)15-8-13-9-16-21(34(6)7)24(37)20(27(31)39)25(30)29(16,40)26(38)18(13)23(36)19(15)22(14)35/h10,13,16,21,30,32,35-37,40H,8-9,11-12H2,1-7H3,(H2,31,39)/t13-,16-,21-,29+/m0/s1. The Morgan fingerprint density at radius 2 is 1.82 bits per heavy atom. The van der Waals surface area contributed by atoms with Gasteiger partial charge >= 0.3 is 0 Å². The van der Waals surface area contributed by atoms with Crippen molar-refractivity contribution in [2.45, 2.75) is 51.8 Å². The number of ketones is 1. The number of Topliss-reactive ketones (excluding diaryl/α,β-unsaturated/α-hetero) is 1. The van der Waals surface area contributed by atoms with Crippen LogP contribution < -0.4 is 16.0 Å². The first-order valence-corrected chi connectivity index (χ1v) is 13.4. The highest BCUT2D eigenvalue weighted by Crippen LogP contribution is 2.53. The number of primary amides is 1. The molecule has 0 spiro atoms. The van der Waals surface area contributed by atoms with E-state index < -0.39 is 58.0 Å². The molecule has 40 heavy (non-hydrogen) atoms. The molecule has 0 bridgehead atoms. The van der Waals surface area contributed by atoms with Gasteiger partial charge in [0.25, 0.3) is 5.91 Å². The molecular weight excluding hydrogens is 514 g/mol. The van der Waals surface area contributed by atoms with Crippen molar-refractivity contribution in [1.29, 1.82) is 5.41 Å². The smallest absolute Gasteiger partial charge is 0.254 e. The predicted octanol–water partition coefficient (Wildman–Crippen LogP) is 1.62. The molecule has 0 aromatic heterocycles. The van der Waals surface area contributed by atoms with E-state index in [1.807, 2.05) is 25.1 Å². The van der Waals surface area contributed by atoms with E-state index in [0.717, 1.165) is 5.69 Å². The number of carbonyl (C=O) groups excluding carboxylic acids is 2. The molecule has 11 heteroatoms. The van der Waals surface area contributed by atoms with Crippen molar-refractivity contribution in [3.05, 3.63) is 39.7 Å². The molecule has 4 rings (SSSR count). The van der Waals surface area contributed by atoms with Crippen molar-refractivity contribution in [1.82, 2.24) is 10.2 Å². The van der Waals surface area contributed by atoms with Crippen molar-refractivity contribution in [3.8, 4) is 5.75 Å². The number of likely N-dealkylation sites (N-methyl/N-ethyl adjacent to an activating group) is 1. The van der Waals surface area contributed by atoms with E-state index in [1.54, 1.807) is 19.0 Å².